The van der Waals surface area contributed by atoms with Gasteiger partial charge in [-0.3, -0.25) is 9.59 Å². The van der Waals surface area contributed by atoms with E-state index in [9.17, 15) is 14.0 Å². The molecule has 1 heterocycles. The van der Waals surface area contributed by atoms with Gasteiger partial charge in [0.25, 0.3) is 5.91 Å². The molecule has 1 atom stereocenters. The smallest absolute Gasteiger partial charge is 0.253 e. The summed E-state index contributed by atoms with van der Waals surface area (Å²) in [6.45, 7) is 8.33. The van der Waals surface area contributed by atoms with Crippen LogP contribution in [0.2, 0.25) is 5.02 Å². The Kier molecular flexibility index (Phi) is 9.45. The highest BCUT2D eigenvalue weighted by Crippen LogP contribution is 2.26. The Morgan fingerprint density at radius 1 is 1.17 bits per heavy atom. The molecule has 0 bridgehead atoms. The summed E-state index contributed by atoms with van der Waals surface area (Å²) in [7, 11) is 0. The fourth-order valence-electron chi connectivity index (χ4n) is 3.41. The number of aromatic nitrogens is 3. The van der Waals surface area contributed by atoms with Gasteiger partial charge in [0.15, 0.2) is 11.0 Å². The lowest BCUT2D eigenvalue weighted by molar-refractivity contribution is -0.113. The molecule has 1 aromatic heterocycles. The number of amides is 2. The number of allylic oxidation sites excluding steroid dienone is 1. The summed E-state index contributed by atoms with van der Waals surface area (Å²) in [5.74, 6) is -0.0316. The van der Waals surface area contributed by atoms with Crippen molar-refractivity contribution in [3.8, 4) is 0 Å². The zero-order valence-corrected chi connectivity index (χ0v) is 21.1. The third-order valence-electron chi connectivity index (χ3n) is 4.96. The van der Waals surface area contributed by atoms with Crippen LogP contribution < -0.4 is 10.6 Å². The van der Waals surface area contributed by atoms with Crippen molar-refractivity contribution in [3.05, 3.63) is 83.4 Å². The van der Waals surface area contributed by atoms with E-state index < -0.39 is 6.04 Å². The van der Waals surface area contributed by atoms with E-state index in [4.69, 9.17) is 11.6 Å². The van der Waals surface area contributed by atoms with Gasteiger partial charge in [-0.1, -0.05) is 55.4 Å². The second-order valence-electron chi connectivity index (χ2n) is 8.22. The molecule has 0 radical (unpaired) electrons. The molecule has 0 aliphatic heterocycles. The van der Waals surface area contributed by atoms with Crippen molar-refractivity contribution in [1.29, 1.82) is 0 Å². The van der Waals surface area contributed by atoms with Gasteiger partial charge in [-0.2, -0.15) is 0 Å². The third-order valence-corrected chi connectivity index (χ3v) is 6.26. The van der Waals surface area contributed by atoms with Gasteiger partial charge in [0.05, 0.1) is 22.4 Å². The van der Waals surface area contributed by atoms with Crippen molar-refractivity contribution in [2.45, 2.75) is 38.0 Å². The molecule has 0 saturated carbocycles. The number of carbonyl (C=O) groups is 2. The first-order valence-corrected chi connectivity index (χ1v) is 12.4. The van der Waals surface area contributed by atoms with E-state index in [0.717, 1.165) is 0 Å². The lowest BCUT2D eigenvalue weighted by atomic mass is 10.0. The van der Waals surface area contributed by atoms with Crippen LogP contribution in [0.1, 0.15) is 42.5 Å². The summed E-state index contributed by atoms with van der Waals surface area (Å²) >= 11 is 7.42. The molecule has 2 aromatic carbocycles. The summed E-state index contributed by atoms with van der Waals surface area (Å²) in [5, 5.41) is 15.3. The number of rotatable bonds is 11. The van der Waals surface area contributed by atoms with Crippen LogP contribution in [-0.4, -0.2) is 32.3 Å². The van der Waals surface area contributed by atoms with E-state index in [1.165, 1.54) is 36.0 Å². The van der Waals surface area contributed by atoms with E-state index in [2.05, 4.69) is 41.3 Å². The number of halogens is 2. The van der Waals surface area contributed by atoms with Crippen molar-refractivity contribution in [2.75, 3.05) is 11.1 Å². The summed E-state index contributed by atoms with van der Waals surface area (Å²) in [5.41, 5.74) is 0.884. The third kappa shape index (κ3) is 7.40. The van der Waals surface area contributed by atoms with Gasteiger partial charge in [-0.15, -0.1) is 16.8 Å². The molecular formula is C25H27ClFN5O2S. The predicted octanol–water partition coefficient (Wildman–Crippen LogP) is 5.50. The number of hydrogen-bond acceptors (Lipinski definition) is 5. The molecule has 184 valence electrons. The Labute approximate surface area is 213 Å². The Hall–Kier alpha value is -3.17. The van der Waals surface area contributed by atoms with Gasteiger partial charge in [0.1, 0.15) is 5.82 Å². The molecule has 35 heavy (non-hydrogen) atoms. The van der Waals surface area contributed by atoms with Crippen LogP contribution in [0.3, 0.4) is 0 Å². The van der Waals surface area contributed by atoms with E-state index in [1.54, 1.807) is 30.3 Å². The second kappa shape index (κ2) is 12.5. The van der Waals surface area contributed by atoms with Gasteiger partial charge in [-0.05, 0) is 48.7 Å². The zero-order chi connectivity index (χ0) is 25.4. The topological polar surface area (TPSA) is 88.9 Å². The second-order valence-corrected chi connectivity index (χ2v) is 9.57. The van der Waals surface area contributed by atoms with Crippen LogP contribution in [-0.2, 0) is 11.3 Å². The molecule has 3 rings (SSSR count). The van der Waals surface area contributed by atoms with Crippen molar-refractivity contribution in [2.24, 2.45) is 5.92 Å². The molecule has 0 saturated heterocycles. The summed E-state index contributed by atoms with van der Waals surface area (Å²) in [4.78, 5) is 25.3. The van der Waals surface area contributed by atoms with E-state index in [0.29, 0.717) is 40.2 Å². The minimum atomic E-state index is -0.423. The van der Waals surface area contributed by atoms with Crippen LogP contribution >= 0.6 is 23.4 Å². The van der Waals surface area contributed by atoms with Gasteiger partial charge in [0, 0.05) is 12.2 Å². The molecule has 10 heteroatoms. The number of benzene rings is 2. The fraction of sp³-hybridized carbons (Fsp3) is 0.280. The molecule has 0 spiro atoms. The summed E-state index contributed by atoms with van der Waals surface area (Å²) < 4.78 is 14.9. The van der Waals surface area contributed by atoms with Crippen LogP contribution in [0.4, 0.5) is 10.1 Å². The molecule has 0 fully saturated rings. The summed E-state index contributed by atoms with van der Waals surface area (Å²) in [6.07, 6.45) is 2.33. The van der Waals surface area contributed by atoms with Crippen LogP contribution in [0.5, 0.6) is 0 Å². The van der Waals surface area contributed by atoms with Crippen LogP contribution in [0, 0.1) is 11.7 Å². The van der Waals surface area contributed by atoms with Crippen molar-refractivity contribution >= 4 is 40.9 Å². The molecular weight excluding hydrogens is 489 g/mol. The normalized spacial score (nSPS) is 11.8. The standard InChI is InChI=1S/C25H27ClFN5O2S/c1-4-13-32-23(21(14-16(2)3)29-24(34)19-7-5-6-8-20(19)26)30-31-25(32)35-15-22(33)28-18-11-9-17(27)10-12-18/h4-12,16,21H,1,13-15H2,2-3H3,(H,28,33)(H,29,34)/t21-/m1/s1. The number of thioether (sulfide) groups is 1. The van der Waals surface area contributed by atoms with Crippen molar-refractivity contribution < 1.29 is 14.0 Å². The molecule has 7 nitrogen and oxygen atoms in total. The maximum atomic E-state index is 13.1. The SMILES string of the molecule is C=CCn1c(SCC(=O)Nc2ccc(F)cc2)nnc1[C@@H](CC(C)C)NC(=O)c1ccccc1Cl. The molecule has 2 amide bonds. The number of carbonyl (C=O) groups excluding carboxylic acids is 2. The highest BCUT2D eigenvalue weighted by Gasteiger charge is 2.25. The average Bonchev–Trinajstić information content (AvgIpc) is 3.21. The first-order chi connectivity index (χ1) is 16.8. The zero-order valence-electron chi connectivity index (χ0n) is 19.5. The van der Waals surface area contributed by atoms with Crippen LogP contribution in [0.15, 0.2) is 66.3 Å². The Morgan fingerprint density at radius 3 is 2.54 bits per heavy atom. The Balaban J connectivity index is 1.77. The van der Waals surface area contributed by atoms with Crippen LogP contribution in [0.25, 0.3) is 0 Å². The predicted molar refractivity (Wildman–Crippen MR) is 137 cm³/mol. The van der Waals surface area contributed by atoms with E-state index >= 15 is 0 Å². The first kappa shape index (κ1) is 26.4. The lowest BCUT2D eigenvalue weighted by Crippen LogP contribution is -2.32. The lowest BCUT2D eigenvalue weighted by Gasteiger charge is -2.21. The monoisotopic (exact) mass is 515 g/mol. The number of hydrogen-bond donors (Lipinski definition) is 2. The highest BCUT2D eigenvalue weighted by atomic mass is 35.5. The van der Waals surface area contributed by atoms with Gasteiger partial charge < -0.3 is 15.2 Å². The minimum absolute atomic E-state index is 0.0769. The largest absolute Gasteiger partial charge is 0.342 e. The number of anilines is 1. The minimum Gasteiger partial charge on any atom is -0.342 e. The number of nitrogens with zero attached hydrogens (tertiary/aromatic N) is 3. The Bertz CT molecular complexity index is 1180. The van der Waals surface area contributed by atoms with Gasteiger partial charge in [0.2, 0.25) is 5.91 Å². The number of nitrogens with one attached hydrogen (secondary N) is 2. The molecule has 2 N–H and O–H groups in total. The van der Waals surface area contributed by atoms with Crippen molar-refractivity contribution in [1.82, 2.24) is 20.1 Å². The molecule has 3 aromatic rings. The molecule has 0 unspecified atom stereocenters. The average molecular weight is 516 g/mol. The summed E-state index contributed by atoms with van der Waals surface area (Å²) in [6, 6.07) is 12.0. The maximum absolute atomic E-state index is 13.1. The van der Waals surface area contributed by atoms with Gasteiger partial charge >= 0.3 is 0 Å². The van der Waals surface area contributed by atoms with Crippen molar-refractivity contribution in [3.63, 3.8) is 0 Å². The quantitative estimate of drug-likeness (QED) is 0.260. The Morgan fingerprint density at radius 2 is 1.89 bits per heavy atom. The van der Waals surface area contributed by atoms with E-state index in [-0.39, 0.29) is 29.3 Å². The van der Waals surface area contributed by atoms with Gasteiger partial charge in [-0.25, -0.2) is 4.39 Å². The van der Waals surface area contributed by atoms with E-state index in [1.807, 2.05) is 4.57 Å². The first-order valence-electron chi connectivity index (χ1n) is 11.1. The molecule has 0 aliphatic carbocycles. The highest BCUT2D eigenvalue weighted by molar-refractivity contribution is 7.99. The molecule has 0 aliphatic rings. The fourth-order valence-corrected chi connectivity index (χ4v) is 4.38. The maximum Gasteiger partial charge on any atom is 0.253 e.